The molecule has 0 saturated carbocycles. The predicted molar refractivity (Wildman–Crippen MR) is 132 cm³/mol. The Morgan fingerprint density at radius 3 is 2.77 bits per heavy atom. The predicted octanol–water partition coefficient (Wildman–Crippen LogP) is 3.63. The van der Waals surface area contributed by atoms with E-state index in [1.165, 1.54) is 0 Å². The van der Waals surface area contributed by atoms with Crippen LogP contribution in [0.3, 0.4) is 0 Å². The third-order valence-corrected chi connectivity index (χ3v) is 6.03. The number of aryl methyl sites for hydroxylation is 1. The Hall–Kier alpha value is -4.05. The van der Waals surface area contributed by atoms with Gasteiger partial charge in [-0.1, -0.05) is 0 Å². The van der Waals surface area contributed by atoms with Gasteiger partial charge in [0.05, 0.1) is 31.4 Å². The molecule has 1 aliphatic rings. The lowest BCUT2D eigenvalue weighted by molar-refractivity contribution is 0.0244. The van der Waals surface area contributed by atoms with Crippen molar-refractivity contribution in [3.63, 3.8) is 0 Å². The van der Waals surface area contributed by atoms with E-state index in [9.17, 15) is 4.79 Å². The summed E-state index contributed by atoms with van der Waals surface area (Å²) in [6, 6.07) is 7.19. The van der Waals surface area contributed by atoms with Crippen LogP contribution in [0, 0.1) is 0 Å². The number of anilines is 2. The van der Waals surface area contributed by atoms with Crippen LogP contribution >= 0.6 is 0 Å². The summed E-state index contributed by atoms with van der Waals surface area (Å²) in [5, 5.41) is 6.67. The first-order valence-electron chi connectivity index (χ1n) is 11.5. The summed E-state index contributed by atoms with van der Waals surface area (Å²) >= 11 is 0. The summed E-state index contributed by atoms with van der Waals surface area (Å²) in [5.41, 5.74) is 3.80. The zero-order valence-corrected chi connectivity index (χ0v) is 19.9. The zero-order chi connectivity index (χ0) is 24.4. The molecule has 4 heterocycles. The number of aromatic nitrogens is 4. The Morgan fingerprint density at radius 1 is 1.23 bits per heavy atom. The van der Waals surface area contributed by atoms with E-state index < -0.39 is 0 Å². The van der Waals surface area contributed by atoms with Gasteiger partial charge in [-0.3, -0.25) is 4.79 Å². The van der Waals surface area contributed by atoms with Gasteiger partial charge in [0.15, 0.2) is 0 Å². The van der Waals surface area contributed by atoms with Crippen molar-refractivity contribution in [3.8, 4) is 22.8 Å². The number of rotatable bonds is 7. The molecule has 0 bridgehead atoms. The number of hydrogen-bond acceptors (Lipinski definition) is 7. The van der Waals surface area contributed by atoms with Crippen molar-refractivity contribution in [2.24, 2.45) is 7.05 Å². The second-order valence-electron chi connectivity index (χ2n) is 8.39. The molecular weight excluding hydrogens is 448 g/mol. The van der Waals surface area contributed by atoms with E-state index in [1.807, 2.05) is 36.3 Å². The van der Waals surface area contributed by atoms with Crippen molar-refractivity contribution in [1.82, 2.24) is 24.8 Å². The van der Waals surface area contributed by atoms with Crippen molar-refractivity contribution in [3.05, 3.63) is 48.4 Å². The standard InChI is InChI=1S/C25H28N6O4/c1-26-23(32)15-4-5-19(20(12-15)33-3)28-25-29-22-21(18(13-27-22)16-6-9-31(2)14-16)24(30-25)35-17-7-10-34-11-8-17/h4-6,9,12-14,17H,7-8,10-11H2,1-3H3,(H,26,32)(H2,27,28,29,30). The van der Waals surface area contributed by atoms with Crippen LogP contribution in [0.15, 0.2) is 42.9 Å². The largest absolute Gasteiger partial charge is 0.495 e. The Morgan fingerprint density at radius 2 is 2.06 bits per heavy atom. The quantitative estimate of drug-likeness (QED) is 0.373. The van der Waals surface area contributed by atoms with E-state index in [4.69, 9.17) is 24.2 Å². The molecule has 1 saturated heterocycles. The van der Waals surface area contributed by atoms with Crippen LogP contribution in [0.2, 0.25) is 0 Å². The van der Waals surface area contributed by atoms with E-state index in [2.05, 4.69) is 15.6 Å². The van der Waals surface area contributed by atoms with Crippen LogP contribution in [-0.4, -0.2) is 58.9 Å². The van der Waals surface area contributed by atoms with Gasteiger partial charge in [-0.25, -0.2) is 0 Å². The van der Waals surface area contributed by atoms with Gasteiger partial charge in [0.1, 0.15) is 17.5 Å². The average molecular weight is 477 g/mol. The van der Waals surface area contributed by atoms with Crippen molar-refractivity contribution >= 4 is 28.6 Å². The lowest BCUT2D eigenvalue weighted by atomic mass is 10.1. The highest BCUT2D eigenvalue weighted by Gasteiger charge is 2.22. The van der Waals surface area contributed by atoms with Crippen LogP contribution < -0.4 is 20.1 Å². The maximum atomic E-state index is 12.0. The molecule has 10 heteroatoms. The molecule has 0 atom stereocenters. The fourth-order valence-corrected chi connectivity index (χ4v) is 4.18. The molecule has 3 aromatic heterocycles. The molecular formula is C25H28N6O4. The van der Waals surface area contributed by atoms with Gasteiger partial charge in [0, 0.05) is 62.2 Å². The number of carbonyl (C=O) groups is 1. The van der Waals surface area contributed by atoms with Gasteiger partial charge < -0.3 is 34.4 Å². The maximum absolute atomic E-state index is 12.0. The summed E-state index contributed by atoms with van der Waals surface area (Å²) in [7, 11) is 5.12. The highest BCUT2D eigenvalue weighted by atomic mass is 16.5. The van der Waals surface area contributed by atoms with Crippen LogP contribution in [0.25, 0.3) is 22.2 Å². The first-order chi connectivity index (χ1) is 17.1. The molecule has 3 N–H and O–H groups in total. The molecule has 0 aliphatic carbocycles. The summed E-state index contributed by atoms with van der Waals surface area (Å²) in [6.07, 6.45) is 7.58. The van der Waals surface area contributed by atoms with E-state index >= 15 is 0 Å². The van der Waals surface area contributed by atoms with Gasteiger partial charge in [0.25, 0.3) is 5.91 Å². The second-order valence-corrected chi connectivity index (χ2v) is 8.39. The van der Waals surface area contributed by atoms with E-state index in [-0.39, 0.29) is 12.0 Å². The average Bonchev–Trinajstić information content (AvgIpc) is 3.50. The third kappa shape index (κ3) is 4.65. The summed E-state index contributed by atoms with van der Waals surface area (Å²) in [6.45, 7) is 1.33. The Bertz CT molecular complexity index is 1360. The SMILES string of the molecule is CNC(=O)c1ccc(Nc2nc(OC3CCOCC3)c3c(-c4ccn(C)c4)c[nH]c3n2)c(OC)c1. The van der Waals surface area contributed by atoms with Crippen LogP contribution in [0.5, 0.6) is 11.6 Å². The minimum absolute atomic E-state index is 0.00889. The fourth-order valence-electron chi connectivity index (χ4n) is 4.18. The number of nitrogens with zero attached hydrogens (tertiary/aromatic N) is 3. The third-order valence-electron chi connectivity index (χ3n) is 6.03. The lowest BCUT2D eigenvalue weighted by Gasteiger charge is -2.23. The molecule has 0 spiro atoms. The zero-order valence-electron chi connectivity index (χ0n) is 19.9. The molecule has 1 amide bonds. The van der Waals surface area contributed by atoms with Gasteiger partial charge in [-0.05, 0) is 24.3 Å². The molecule has 1 aromatic carbocycles. The minimum atomic E-state index is -0.195. The highest BCUT2D eigenvalue weighted by Crippen LogP contribution is 2.37. The van der Waals surface area contributed by atoms with Crippen LogP contribution in [0.1, 0.15) is 23.2 Å². The van der Waals surface area contributed by atoms with E-state index in [0.717, 1.165) is 29.4 Å². The van der Waals surface area contributed by atoms with Crippen molar-refractivity contribution < 1.29 is 19.0 Å². The van der Waals surface area contributed by atoms with Gasteiger partial charge >= 0.3 is 0 Å². The van der Waals surface area contributed by atoms with E-state index in [1.54, 1.807) is 32.4 Å². The van der Waals surface area contributed by atoms with Gasteiger partial charge in [0.2, 0.25) is 11.8 Å². The number of nitrogens with one attached hydrogen (secondary N) is 3. The van der Waals surface area contributed by atoms with Crippen LogP contribution in [0.4, 0.5) is 11.6 Å². The van der Waals surface area contributed by atoms with Crippen molar-refractivity contribution in [2.75, 3.05) is 32.7 Å². The summed E-state index contributed by atoms with van der Waals surface area (Å²) in [5.74, 6) is 1.16. The second kappa shape index (κ2) is 9.67. The summed E-state index contributed by atoms with van der Waals surface area (Å²) in [4.78, 5) is 24.7. The number of ether oxygens (including phenoxy) is 3. The lowest BCUT2D eigenvalue weighted by Crippen LogP contribution is -2.26. The summed E-state index contributed by atoms with van der Waals surface area (Å²) < 4.78 is 19.4. The Labute approximate surface area is 202 Å². The fraction of sp³-hybridized carbons (Fsp3) is 0.320. The van der Waals surface area contributed by atoms with Crippen LogP contribution in [-0.2, 0) is 11.8 Å². The van der Waals surface area contributed by atoms with Gasteiger partial charge in [-0.2, -0.15) is 9.97 Å². The monoisotopic (exact) mass is 476 g/mol. The number of amides is 1. The molecule has 4 aromatic rings. The smallest absolute Gasteiger partial charge is 0.251 e. The Kier molecular flexibility index (Phi) is 6.28. The molecule has 10 nitrogen and oxygen atoms in total. The number of H-pyrrole nitrogens is 1. The number of methoxy groups -OCH3 is 1. The molecule has 0 unspecified atom stereocenters. The number of hydrogen-bond donors (Lipinski definition) is 3. The first-order valence-corrected chi connectivity index (χ1v) is 11.5. The highest BCUT2D eigenvalue weighted by molar-refractivity contribution is 5.98. The minimum Gasteiger partial charge on any atom is -0.495 e. The molecule has 35 heavy (non-hydrogen) atoms. The molecule has 5 rings (SSSR count). The van der Waals surface area contributed by atoms with Crippen molar-refractivity contribution in [2.45, 2.75) is 18.9 Å². The van der Waals surface area contributed by atoms with E-state index in [0.29, 0.717) is 47.7 Å². The number of aromatic amines is 1. The first kappa shape index (κ1) is 22.7. The molecule has 0 radical (unpaired) electrons. The maximum Gasteiger partial charge on any atom is 0.251 e. The molecule has 1 aliphatic heterocycles. The van der Waals surface area contributed by atoms with Crippen molar-refractivity contribution in [1.29, 1.82) is 0 Å². The normalized spacial score (nSPS) is 14.1. The Balaban J connectivity index is 1.55. The number of fused-ring (bicyclic) bond motifs is 1. The topological polar surface area (TPSA) is 115 Å². The number of carbonyl (C=O) groups excluding carboxylic acids is 1. The molecule has 1 fully saturated rings. The molecule has 182 valence electrons. The van der Waals surface area contributed by atoms with Gasteiger partial charge in [-0.15, -0.1) is 0 Å². The number of benzene rings is 1.